The second-order valence-corrected chi connectivity index (χ2v) is 2.99. The highest BCUT2D eigenvalue weighted by Crippen LogP contribution is 2.33. The van der Waals surface area contributed by atoms with Gasteiger partial charge in [-0.25, -0.2) is 14.2 Å². The monoisotopic (exact) mass is 269 g/mol. The minimum absolute atomic E-state index is 0.507. The molecular formula is C9H7F4NO4. The molecule has 1 aromatic heterocycles. The maximum absolute atomic E-state index is 12.4. The lowest BCUT2D eigenvalue weighted by molar-refractivity contribution is -0.276. The highest BCUT2D eigenvalue weighted by atomic mass is 19.4. The molecule has 5 nitrogen and oxygen atoms in total. The molecule has 0 spiro atoms. The van der Waals surface area contributed by atoms with E-state index < -0.39 is 41.9 Å². The molecule has 1 rings (SSSR count). The van der Waals surface area contributed by atoms with E-state index in [1.165, 1.54) is 0 Å². The number of esters is 1. The van der Waals surface area contributed by atoms with Crippen molar-refractivity contribution < 1.29 is 36.9 Å². The van der Waals surface area contributed by atoms with Gasteiger partial charge in [0, 0.05) is 0 Å². The van der Waals surface area contributed by atoms with Crippen LogP contribution in [0.15, 0.2) is 6.07 Å². The highest BCUT2D eigenvalue weighted by molar-refractivity contribution is 5.93. The van der Waals surface area contributed by atoms with Gasteiger partial charge in [0.25, 0.3) is 5.88 Å². The summed E-state index contributed by atoms with van der Waals surface area (Å²) >= 11 is 0. The van der Waals surface area contributed by atoms with E-state index in [0.717, 1.165) is 13.2 Å². The summed E-state index contributed by atoms with van der Waals surface area (Å²) < 4.78 is 55.9. The van der Waals surface area contributed by atoms with Crippen molar-refractivity contribution in [2.45, 2.75) is 13.0 Å². The summed E-state index contributed by atoms with van der Waals surface area (Å²) in [7, 11) is 0.946. The van der Waals surface area contributed by atoms with Gasteiger partial charge in [-0.05, 0) is 6.07 Å². The van der Waals surface area contributed by atoms with E-state index in [0.29, 0.717) is 0 Å². The Hall–Kier alpha value is -2.06. The van der Waals surface area contributed by atoms with E-state index in [1.807, 2.05) is 0 Å². The molecule has 0 aliphatic heterocycles. The Kier molecular flexibility index (Phi) is 3.94. The summed E-state index contributed by atoms with van der Waals surface area (Å²) in [5, 5.41) is 9.36. The zero-order valence-corrected chi connectivity index (χ0v) is 8.92. The Balaban J connectivity index is 3.29. The molecule has 0 saturated carbocycles. The van der Waals surface area contributed by atoms with Crippen molar-refractivity contribution in [2.75, 3.05) is 7.11 Å². The van der Waals surface area contributed by atoms with Crippen LogP contribution in [-0.2, 0) is 11.4 Å². The van der Waals surface area contributed by atoms with Gasteiger partial charge in [-0.15, -0.1) is 13.2 Å². The lowest BCUT2D eigenvalue weighted by Gasteiger charge is -2.12. The molecule has 0 atom stereocenters. The third-order valence-corrected chi connectivity index (χ3v) is 1.77. The Labute approximate surface area is 98.0 Å². The number of aromatic hydroxyl groups is 1. The normalized spacial score (nSPS) is 11.2. The van der Waals surface area contributed by atoms with Gasteiger partial charge in [0.1, 0.15) is 12.2 Å². The number of hydrogen-bond acceptors (Lipinski definition) is 5. The topological polar surface area (TPSA) is 68.7 Å². The first kappa shape index (κ1) is 14.0. The number of rotatable bonds is 3. The Morgan fingerprint density at radius 1 is 1.50 bits per heavy atom. The van der Waals surface area contributed by atoms with Crippen LogP contribution < -0.4 is 4.74 Å². The van der Waals surface area contributed by atoms with Crippen LogP contribution in [0.4, 0.5) is 17.6 Å². The third kappa shape index (κ3) is 3.22. The zero-order chi connectivity index (χ0) is 13.9. The molecular weight excluding hydrogens is 262 g/mol. The van der Waals surface area contributed by atoms with Crippen molar-refractivity contribution >= 4 is 5.97 Å². The third-order valence-electron chi connectivity index (χ3n) is 1.77. The van der Waals surface area contributed by atoms with Gasteiger partial charge in [-0.3, -0.25) is 0 Å². The standard InChI is InChI=1S/C9H7F4NO4/c1-17-8(16)5-2-4(3-10)14-7(6(5)15)18-9(11,12)13/h2,15H,3H2,1H3. The molecule has 18 heavy (non-hydrogen) atoms. The Morgan fingerprint density at radius 3 is 2.56 bits per heavy atom. The van der Waals surface area contributed by atoms with Crippen LogP contribution in [0.3, 0.4) is 0 Å². The Morgan fingerprint density at radius 2 is 2.11 bits per heavy atom. The van der Waals surface area contributed by atoms with E-state index in [9.17, 15) is 27.5 Å². The maximum atomic E-state index is 12.4. The van der Waals surface area contributed by atoms with Crippen molar-refractivity contribution in [3.63, 3.8) is 0 Å². The minimum atomic E-state index is -5.13. The SMILES string of the molecule is COC(=O)c1cc(CF)nc(OC(F)(F)F)c1O. The van der Waals surface area contributed by atoms with Crippen LogP contribution in [0.1, 0.15) is 16.1 Å². The van der Waals surface area contributed by atoms with Gasteiger partial charge < -0.3 is 14.6 Å². The number of alkyl halides is 4. The van der Waals surface area contributed by atoms with Crippen LogP contribution in [0.2, 0.25) is 0 Å². The summed E-state index contributed by atoms with van der Waals surface area (Å²) in [6.45, 7) is -1.24. The second-order valence-electron chi connectivity index (χ2n) is 2.99. The second kappa shape index (κ2) is 5.07. The molecule has 0 radical (unpaired) electrons. The number of aromatic nitrogens is 1. The molecule has 0 unspecified atom stereocenters. The van der Waals surface area contributed by atoms with Crippen LogP contribution in [0, 0.1) is 0 Å². The van der Waals surface area contributed by atoms with Gasteiger partial charge in [-0.2, -0.15) is 0 Å². The fourth-order valence-electron chi connectivity index (χ4n) is 1.08. The molecule has 0 bridgehead atoms. The predicted octanol–water partition coefficient (Wildman–Crippen LogP) is 1.94. The fraction of sp³-hybridized carbons (Fsp3) is 0.333. The number of hydrogen-bond donors (Lipinski definition) is 1. The molecule has 1 N–H and O–H groups in total. The summed E-state index contributed by atoms with van der Waals surface area (Å²) in [6, 6.07) is 0.768. The first-order chi connectivity index (χ1) is 8.28. The van der Waals surface area contributed by atoms with Crippen LogP contribution >= 0.6 is 0 Å². The van der Waals surface area contributed by atoms with Gasteiger partial charge >= 0.3 is 12.3 Å². The quantitative estimate of drug-likeness (QED) is 0.670. The molecule has 100 valence electrons. The first-order valence-corrected chi connectivity index (χ1v) is 4.41. The van der Waals surface area contributed by atoms with Gasteiger partial charge in [0.2, 0.25) is 0 Å². The number of carbonyl (C=O) groups is 1. The molecule has 9 heteroatoms. The van der Waals surface area contributed by atoms with E-state index in [2.05, 4.69) is 14.5 Å². The minimum Gasteiger partial charge on any atom is -0.502 e. The predicted molar refractivity (Wildman–Crippen MR) is 48.7 cm³/mol. The van der Waals surface area contributed by atoms with E-state index in [-0.39, 0.29) is 0 Å². The van der Waals surface area contributed by atoms with Crippen LogP contribution in [0.25, 0.3) is 0 Å². The Bertz CT molecular complexity index is 461. The van der Waals surface area contributed by atoms with Crippen molar-refractivity contribution in [3.05, 3.63) is 17.3 Å². The molecule has 0 aliphatic carbocycles. The molecule has 0 saturated heterocycles. The van der Waals surface area contributed by atoms with E-state index in [4.69, 9.17) is 0 Å². The van der Waals surface area contributed by atoms with Gasteiger partial charge in [-0.1, -0.05) is 0 Å². The average Bonchev–Trinajstić information content (AvgIpc) is 2.29. The summed E-state index contributed by atoms with van der Waals surface area (Å²) in [5.41, 5.74) is -1.17. The lowest BCUT2D eigenvalue weighted by atomic mass is 10.2. The molecule has 1 aromatic rings. The van der Waals surface area contributed by atoms with Gasteiger partial charge in [0.05, 0.1) is 12.8 Å². The number of nitrogens with zero attached hydrogens (tertiary/aromatic N) is 1. The molecule has 0 amide bonds. The lowest BCUT2D eigenvalue weighted by Crippen LogP contribution is -2.19. The van der Waals surface area contributed by atoms with Crippen molar-refractivity contribution in [2.24, 2.45) is 0 Å². The van der Waals surface area contributed by atoms with Crippen LogP contribution in [-0.4, -0.2) is 29.5 Å². The van der Waals surface area contributed by atoms with Crippen molar-refractivity contribution in [1.82, 2.24) is 4.98 Å². The zero-order valence-electron chi connectivity index (χ0n) is 8.92. The molecule has 0 aliphatic rings. The number of methoxy groups -OCH3 is 1. The first-order valence-electron chi connectivity index (χ1n) is 4.41. The maximum Gasteiger partial charge on any atom is 0.574 e. The molecule has 1 heterocycles. The summed E-state index contributed by atoms with van der Waals surface area (Å²) in [6.07, 6.45) is -5.13. The summed E-state index contributed by atoms with van der Waals surface area (Å²) in [5.74, 6) is -3.62. The van der Waals surface area contributed by atoms with Crippen LogP contribution in [0.5, 0.6) is 11.6 Å². The van der Waals surface area contributed by atoms with E-state index in [1.54, 1.807) is 0 Å². The number of ether oxygens (including phenoxy) is 2. The highest BCUT2D eigenvalue weighted by Gasteiger charge is 2.34. The number of carbonyl (C=O) groups excluding carboxylic acids is 1. The number of halogens is 4. The molecule has 0 fully saturated rings. The van der Waals surface area contributed by atoms with E-state index >= 15 is 0 Å². The largest absolute Gasteiger partial charge is 0.574 e. The average molecular weight is 269 g/mol. The smallest absolute Gasteiger partial charge is 0.502 e. The molecule has 0 aromatic carbocycles. The van der Waals surface area contributed by atoms with Crippen molar-refractivity contribution in [3.8, 4) is 11.6 Å². The number of pyridine rings is 1. The fourth-order valence-corrected chi connectivity index (χ4v) is 1.08. The van der Waals surface area contributed by atoms with Crippen molar-refractivity contribution in [1.29, 1.82) is 0 Å². The summed E-state index contributed by atoms with van der Waals surface area (Å²) in [4.78, 5) is 14.2. The van der Waals surface area contributed by atoms with Gasteiger partial charge in [0.15, 0.2) is 5.75 Å².